The molecule has 3 rings (SSSR count). The third-order valence-electron chi connectivity index (χ3n) is 3.23. The standard InChI is InChI=1S/C15H12BrN3O3/c1-7-5-10(8(2)22-7)14(20)19-18-13-11-6-9(16)3-4-12(11)17-15(13)21/h3-6,17,21H,1-2H3. The molecular formula is C15H12BrN3O3. The van der Waals surface area contributed by atoms with Gasteiger partial charge in [0.05, 0.1) is 11.1 Å². The Morgan fingerprint density at radius 2 is 2.09 bits per heavy atom. The fraction of sp³-hybridized carbons (Fsp3) is 0.133. The Morgan fingerprint density at radius 3 is 2.77 bits per heavy atom. The SMILES string of the molecule is Cc1cc(C(=O)N=Nc2c(O)[nH]c3ccc(Br)cc23)c(C)o1. The number of furan rings is 1. The van der Waals surface area contributed by atoms with E-state index in [1.165, 1.54) is 0 Å². The number of nitrogens with one attached hydrogen (secondary N) is 1. The average Bonchev–Trinajstić information content (AvgIpc) is 2.95. The smallest absolute Gasteiger partial charge is 0.298 e. The van der Waals surface area contributed by atoms with Gasteiger partial charge in [-0.05, 0) is 38.1 Å². The van der Waals surface area contributed by atoms with Crippen LogP contribution in [0.25, 0.3) is 10.9 Å². The van der Waals surface area contributed by atoms with E-state index in [-0.39, 0.29) is 11.6 Å². The van der Waals surface area contributed by atoms with E-state index in [1.807, 2.05) is 6.07 Å². The molecule has 2 heterocycles. The van der Waals surface area contributed by atoms with E-state index in [2.05, 4.69) is 31.1 Å². The molecule has 1 amide bonds. The van der Waals surface area contributed by atoms with Crippen LogP contribution in [-0.4, -0.2) is 16.0 Å². The highest BCUT2D eigenvalue weighted by molar-refractivity contribution is 9.10. The molecule has 0 spiro atoms. The molecule has 0 saturated heterocycles. The van der Waals surface area contributed by atoms with Crippen LogP contribution >= 0.6 is 15.9 Å². The van der Waals surface area contributed by atoms with Crippen LogP contribution in [0.3, 0.4) is 0 Å². The molecule has 0 fully saturated rings. The Balaban J connectivity index is 1.99. The number of aryl methyl sites for hydroxylation is 2. The van der Waals surface area contributed by atoms with Crippen molar-refractivity contribution in [2.45, 2.75) is 13.8 Å². The van der Waals surface area contributed by atoms with Gasteiger partial charge in [-0.3, -0.25) is 4.79 Å². The van der Waals surface area contributed by atoms with Gasteiger partial charge >= 0.3 is 0 Å². The second kappa shape index (κ2) is 5.42. The van der Waals surface area contributed by atoms with E-state index < -0.39 is 5.91 Å². The van der Waals surface area contributed by atoms with Gasteiger partial charge in [0.2, 0.25) is 5.88 Å². The van der Waals surface area contributed by atoms with Crippen molar-refractivity contribution in [2.24, 2.45) is 10.2 Å². The average molecular weight is 362 g/mol. The maximum Gasteiger partial charge on any atom is 0.298 e. The third kappa shape index (κ3) is 2.55. The molecule has 7 heteroatoms. The number of hydrogen-bond acceptors (Lipinski definition) is 4. The quantitative estimate of drug-likeness (QED) is 0.644. The summed E-state index contributed by atoms with van der Waals surface area (Å²) >= 11 is 3.36. The summed E-state index contributed by atoms with van der Waals surface area (Å²) < 4.78 is 6.13. The number of hydrogen-bond donors (Lipinski definition) is 2. The maximum atomic E-state index is 12.1. The van der Waals surface area contributed by atoms with Gasteiger partial charge in [0.1, 0.15) is 11.5 Å². The highest BCUT2D eigenvalue weighted by Gasteiger charge is 2.15. The lowest BCUT2D eigenvalue weighted by atomic mass is 10.2. The van der Waals surface area contributed by atoms with Crippen molar-refractivity contribution in [3.8, 4) is 5.88 Å². The van der Waals surface area contributed by atoms with E-state index in [9.17, 15) is 9.90 Å². The molecule has 0 atom stereocenters. The predicted octanol–water partition coefficient (Wildman–Crippen LogP) is 4.77. The number of carbonyl (C=O) groups is 1. The first kappa shape index (κ1) is 14.5. The number of aromatic nitrogens is 1. The minimum absolute atomic E-state index is 0.134. The van der Waals surface area contributed by atoms with Gasteiger partial charge in [-0.15, -0.1) is 10.2 Å². The third-order valence-corrected chi connectivity index (χ3v) is 3.72. The Bertz CT molecular complexity index is 908. The summed E-state index contributed by atoms with van der Waals surface area (Å²) in [5.74, 6) is 0.477. The highest BCUT2D eigenvalue weighted by Crippen LogP contribution is 2.36. The second-order valence-electron chi connectivity index (χ2n) is 4.84. The van der Waals surface area contributed by atoms with Crippen LogP contribution in [0.15, 0.2) is 43.4 Å². The van der Waals surface area contributed by atoms with E-state index in [0.717, 1.165) is 4.47 Å². The molecule has 0 unspecified atom stereocenters. The first-order valence-electron chi connectivity index (χ1n) is 6.49. The van der Waals surface area contributed by atoms with Crippen LogP contribution in [0, 0.1) is 13.8 Å². The van der Waals surface area contributed by atoms with Crippen LogP contribution in [-0.2, 0) is 0 Å². The molecule has 0 aliphatic carbocycles. The fourth-order valence-electron chi connectivity index (χ4n) is 2.23. The molecule has 2 aromatic heterocycles. The highest BCUT2D eigenvalue weighted by atomic mass is 79.9. The number of H-pyrrole nitrogens is 1. The number of azo groups is 1. The summed E-state index contributed by atoms with van der Waals surface area (Å²) in [6.07, 6.45) is 0. The Labute approximate surface area is 134 Å². The van der Waals surface area contributed by atoms with Gasteiger partial charge < -0.3 is 14.5 Å². The van der Waals surface area contributed by atoms with Gasteiger partial charge in [0.15, 0.2) is 5.69 Å². The monoisotopic (exact) mass is 361 g/mol. The van der Waals surface area contributed by atoms with Gasteiger partial charge in [0, 0.05) is 9.86 Å². The first-order chi connectivity index (χ1) is 10.5. The zero-order chi connectivity index (χ0) is 15.9. The van der Waals surface area contributed by atoms with Crippen molar-refractivity contribution in [3.05, 3.63) is 45.8 Å². The summed E-state index contributed by atoms with van der Waals surface area (Å²) in [4.78, 5) is 14.9. The Hall–Kier alpha value is -2.41. The van der Waals surface area contributed by atoms with Crippen LogP contribution in [0.5, 0.6) is 5.88 Å². The molecule has 2 N–H and O–H groups in total. The van der Waals surface area contributed by atoms with Gasteiger partial charge in [0.25, 0.3) is 5.91 Å². The molecule has 0 bridgehead atoms. The lowest BCUT2D eigenvalue weighted by Gasteiger charge is -1.93. The molecule has 0 saturated carbocycles. The molecule has 6 nitrogen and oxygen atoms in total. The Kier molecular flexibility index (Phi) is 3.58. The summed E-state index contributed by atoms with van der Waals surface area (Å²) in [6, 6.07) is 7.03. The van der Waals surface area contributed by atoms with Crippen molar-refractivity contribution in [1.29, 1.82) is 0 Å². The van der Waals surface area contributed by atoms with Crippen molar-refractivity contribution < 1.29 is 14.3 Å². The summed E-state index contributed by atoms with van der Waals surface area (Å²) in [7, 11) is 0. The number of carbonyl (C=O) groups excluding carboxylic acids is 1. The molecular weight excluding hydrogens is 350 g/mol. The van der Waals surface area contributed by atoms with Gasteiger partial charge in [-0.1, -0.05) is 15.9 Å². The molecule has 1 aromatic carbocycles. The molecule has 0 aliphatic heterocycles. The van der Waals surface area contributed by atoms with Gasteiger partial charge in [-0.2, -0.15) is 0 Å². The Morgan fingerprint density at radius 1 is 1.32 bits per heavy atom. The summed E-state index contributed by atoms with van der Waals surface area (Å²) in [6.45, 7) is 3.44. The molecule has 0 radical (unpaired) electrons. The van der Waals surface area contributed by atoms with E-state index in [1.54, 1.807) is 32.0 Å². The summed E-state index contributed by atoms with van der Waals surface area (Å²) in [5, 5.41) is 18.2. The van der Waals surface area contributed by atoms with Crippen molar-refractivity contribution in [1.82, 2.24) is 4.98 Å². The van der Waals surface area contributed by atoms with Crippen molar-refractivity contribution in [2.75, 3.05) is 0 Å². The second-order valence-corrected chi connectivity index (χ2v) is 5.76. The number of aromatic hydroxyl groups is 1. The van der Waals surface area contributed by atoms with Crippen LogP contribution < -0.4 is 0 Å². The molecule has 22 heavy (non-hydrogen) atoms. The lowest BCUT2D eigenvalue weighted by Crippen LogP contribution is -1.93. The van der Waals surface area contributed by atoms with Crippen LogP contribution in [0.2, 0.25) is 0 Å². The minimum atomic E-state index is -0.516. The number of halogens is 1. The molecule has 0 aliphatic rings. The number of amides is 1. The lowest BCUT2D eigenvalue weighted by molar-refractivity contribution is 0.0993. The number of aromatic amines is 1. The normalized spacial score (nSPS) is 11.6. The van der Waals surface area contributed by atoms with Crippen LogP contribution in [0.1, 0.15) is 21.9 Å². The number of rotatable bonds is 2. The zero-order valence-electron chi connectivity index (χ0n) is 11.8. The van der Waals surface area contributed by atoms with E-state index >= 15 is 0 Å². The van der Waals surface area contributed by atoms with E-state index in [4.69, 9.17) is 4.42 Å². The van der Waals surface area contributed by atoms with Crippen molar-refractivity contribution in [3.63, 3.8) is 0 Å². The minimum Gasteiger partial charge on any atom is -0.493 e. The van der Waals surface area contributed by atoms with Crippen molar-refractivity contribution >= 4 is 38.4 Å². The topological polar surface area (TPSA) is 91.0 Å². The number of fused-ring (bicyclic) bond motifs is 1. The predicted molar refractivity (Wildman–Crippen MR) is 84.7 cm³/mol. The molecule has 112 valence electrons. The maximum absolute atomic E-state index is 12.1. The first-order valence-corrected chi connectivity index (χ1v) is 7.28. The molecule has 3 aromatic rings. The van der Waals surface area contributed by atoms with E-state index in [0.29, 0.717) is 28.0 Å². The van der Waals surface area contributed by atoms with Gasteiger partial charge in [-0.25, -0.2) is 0 Å². The largest absolute Gasteiger partial charge is 0.493 e. The van der Waals surface area contributed by atoms with Crippen LogP contribution in [0.4, 0.5) is 5.69 Å². The number of nitrogens with zero attached hydrogens (tertiary/aromatic N) is 2. The zero-order valence-corrected chi connectivity index (χ0v) is 13.4. The number of benzene rings is 1. The fourth-order valence-corrected chi connectivity index (χ4v) is 2.59. The summed E-state index contributed by atoms with van der Waals surface area (Å²) in [5.41, 5.74) is 1.29.